The molecule has 8 rings (SSSR count). The van der Waals surface area contributed by atoms with E-state index in [1.54, 1.807) is 34.6 Å². The molecule has 6 atom stereocenters. The number of carboxylic acids is 1. The Morgan fingerprint density at radius 2 is 1.07 bits per heavy atom. The lowest BCUT2D eigenvalue weighted by Gasteiger charge is -2.35. The van der Waals surface area contributed by atoms with Crippen LogP contribution in [-0.4, -0.2) is 166 Å². The third kappa shape index (κ3) is 21.9. The number of halogens is 3. The van der Waals surface area contributed by atoms with Gasteiger partial charge < -0.3 is 64.6 Å². The number of carboxylic acid groups (broad SMARTS) is 1. The zero-order chi connectivity index (χ0) is 66.3. The molecule has 3 amide bonds. The Labute approximate surface area is 560 Å². The van der Waals surface area contributed by atoms with Crippen LogP contribution in [0.5, 0.6) is 11.8 Å². The summed E-state index contributed by atoms with van der Waals surface area (Å²) in [5.74, 6) is -1.71. The molecule has 0 radical (unpaired) electrons. The van der Waals surface area contributed by atoms with Gasteiger partial charge in [-0.3, -0.25) is 9.59 Å². The second-order valence-corrected chi connectivity index (χ2v) is 27.4. The fourth-order valence-electron chi connectivity index (χ4n) is 9.42. The summed E-state index contributed by atoms with van der Waals surface area (Å²) in [6.45, 7) is 18.3. The average Bonchev–Trinajstić information content (AvgIpc) is 1.35. The fraction of sp³-hybridized carbons (Fsp3) is 0.485. The van der Waals surface area contributed by atoms with Crippen molar-refractivity contribution in [2.45, 2.75) is 132 Å². The van der Waals surface area contributed by atoms with Gasteiger partial charge in [0, 0.05) is 56.9 Å². The Hall–Kier alpha value is -7.29. The van der Waals surface area contributed by atoms with Gasteiger partial charge in [0.2, 0.25) is 17.7 Å². The number of alkyl carbamates (subject to hydrolysis) is 2. The number of carbonyl (C=O) groups excluding carboxylic acids is 5. The molecule has 0 spiro atoms. The van der Waals surface area contributed by atoms with Gasteiger partial charge in [0.15, 0.2) is 0 Å². The number of benzene rings is 4. The smallest absolute Gasteiger partial charge is 0.407 e. The number of likely N-dealkylation sites (tertiary alicyclic amines) is 1. The molecule has 2 saturated heterocycles. The number of aliphatic carboxylic acids is 1. The van der Waals surface area contributed by atoms with Gasteiger partial charge in [-0.15, -0.1) is 12.4 Å². The highest BCUT2D eigenvalue weighted by atomic mass is 79.9. The minimum absolute atomic E-state index is 0. The third-order valence-electron chi connectivity index (χ3n) is 14.6. The molecule has 23 nitrogen and oxygen atoms in total. The molecule has 0 saturated carbocycles. The van der Waals surface area contributed by atoms with Gasteiger partial charge >= 0.3 is 30.1 Å². The Balaban J connectivity index is 0.000000325. The largest absolute Gasteiger partial charge is 0.480 e. The molecule has 92 heavy (non-hydrogen) atoms. The molecule has 6 aromatic rings. The Kier molecular flexibility index (Phi) is 28.5. The molecule has 2 aliphatic rings. The summed E-state index contributed by atoms with van der Waals surface area (Å²) in [7, 11) is 2.66. The number of hydrogen-bond donors (Lipinski definition) is 6. The number of aliphatic hydroxyl groups is 2. The van der Waals surface area contributed by atoms with Crippen LogP contribution in [0.3, 0.4) is 0 Å². The first kappa shape index (κ1) is 77.2. The fourth-order valence-corrected chi connectivity index (χ4v) is 10.2. The lowest BCUT2D eigenvalue weighted by atomic mass is 9.85. The van der Waals surface area contributed by atoms with Crippen molar-refractivity contribution in [1.29, 1.82) is 0 Å². The molecule has 26 heteroatoms. The van der Waals surface area contributed by atoms with Gasteiger partial charge in [-0.05, 0) is 65.8 Å². The quantitative estimate of drug-likeness (QED) is 0.0324. The van der Waals surface area contributed by atoms with Crippen molar-refractivity contribution in [3.63, 3.8) is 0 Å². The lowest BCUT2D eigenvalue weighted by Crippen LogP contribution is -2.57. The maximum absolute atomic E-state index is 14.1. The molecule has 4 aromatic carbocycles. The van der Waals surface area contributed by atoms with Gasteiger partial charge in [0.25, 0.3) is 0 Å². The van der Waals surface area contributed by atoms with Gasteiger partial charge in [0.1, 0.15) is 54.4 Å². The normalized spacial score (nSPS) is 16.9. The molecule has 2 aromatic heterocycles. The van der Waals surface area contributed by atoms with Crippen molar-refractivity contribution in [1.82, 2.24) is 40.8 Å². The summed E-state index contributed by atoms with van der Waals surface area (Å²) in [5.41, 5.74) is 3.47. The predicted molar refractivity (Wildman–Crippen MR) is 358 cm³/mol. The number of aliphatic hydroxyl groups excluding tert-OH is 2. The van der Waals surface area contributed by atoms with Gasteiger partial charge in [-0.25, -0.2) is 39.1 Å². The monoisotopic (exact) mass is 1420 g/mol. The summed E-state index contributed by atoms with van der Waals surface area (Å²) >= 11 is 7.02. The van der Waals surface area contributed by atoms with E-state index >= 15 is 0 Å². The summed E-state index contributed by atoms with van der Waals surface area (Å²) in [4.78, 5) is 94.6. The van der Waals surface area contributed by atoms with E-state index in [0.717, 1.165) is 31.1 Å². The molecular formula is C66H87Br2ClN8O15. The molecule has 4 heterocycles. The highest BCUT2D eigenvalue weighted by Crippen LogP contribution is 2.36. The maximum Gasteiger partial charge on any atom is 0.407 e. The first-order valence-corrected chi connectivity index (χ1v) is 30.8. The predicted octanol–water partition coefficient (Wildman–Crippen LogP) is 10.8. The molecule has 2 aliphatic heterocycles. The van der Waals surface area contributed by atoms with E-state index in [2.05, 4.69) is 47.8 Å². The van der Waals surface area contributed by atoms with Crippen LogP contribution >= 0.6 is 44.3 Å². The van der Waals surface area contributed by atoms with Gasteiger partial charge in [-0.2, -0.15) is 0 Å². The summed E-state index contributed by atoms with van der Waals surface area (Å²) in [6, 6.07) is 27.3. The third-order valence-corrected chi connectivity index (χ3v) is 15.6. The number of aromatic nitrogens is 4. The SMILES string of the molecule is C.CC(C)(CO)COC(=O)N[C@H](C(=O)O)C(C)(C)C.COC(=O)[C@@H]1C[C@@H](Oc2nc3ccccc3nc2-c2cccc(Br)c2)CN1.COC(=O)[C@@H]1C[C@@H](Oc2nc3ccccc3nc2-c2cccc(Br)c2)CN1C(=O)[C@@H](NC(=O)OCC(C)(C)CCO)C(C)(C)C.Cl. The topological polar surface area (TPSA) is 309 Å². The van der Waals surface area contributed by atoms with E-state index in [4.69, 9.17) is 58.6 Å². The Bertz CT molecular complexity index is 3490. The van der Waals surface area contributed by atoms with Crippen molar-refractivity contribution in [2.75, 3.05) is 53.7 Å². The number of methoxy groups -OCH3 is 2. The van der Waals surface area contributed by atoms with Crippen molar-refractivity contribution in [3.05, 3.63) is 106 Å². The molecule has 6 N–H and O–H groups in total. The Morgan fingerprint density at radius 1 is 0.620 bits per heavy atom. The van der Waals surface area contributed by atoms with Crippen LogP contribution in [0.15, 0.2) is 106 Å². The van der Waals surface area contributed by atoms with E-state index < -0.39 is 75.9 Å². The second kappa shape index (κ2) is 34.0. The zero-order valence-corrected chi connectivity index (χ0v) is 57.2. The summed E-state index contributed by atoms with van der Waals surface area (Å²) < 4.78 is 34.6. The van der Waals surface area contributed by atoms with E-state index in [9.17, 15) is 33.9 Å². The summed E-state index contributed by atoms with van der Waals surface area (Å²) in [6.07, 6.45) is -1.23. The van der Waals surface area contributed by atoms with Crippen LogP contribution in [0, 0.1) is 21.7 Å². The molecule has 0 aliphatic carbocycles. The summed E-state index contributed by atoms with van der Waals surface area (Å²) in [5, 5.41) is 35.5. The Morgan fingerprint density at radius 3 is 1.49 bits per heavy atom. The number of nitrogens with one attached hydrogen (secondary N) is 3. The van der Waals surface area contributed by atoms with E-state index in [1.807, 2.05) is 132 Å². The molecule has 0 bridgehead atoms. The molecule has 2 fully saturated rings. The molecular weight excluding hydrogens is 1340 g/mol. The minimum Gasteiger partial charge on any atom is -0.480 e. The van der Waals surface area contributed by atoms with Crippen LogP contribution in [0.1, 0.15) is 95.9 Å². The number of para-hydroxylation sites is 4. The highest BCUT2D eigenvalue weighted by Gasteiger charge is 2.47. The lowest BCUT2D eigenvalue weighted by molar-refractivity contribution is -0.152. The van der Waals surface area contributed by atoms with E-state index in [1.165, 1.54) is 19.1 Å². The van der Waals surface area contributed by atoms with Crippen molar-refractivity contribution in [2.24, 2.45) is 21.7 Å². The van der Waals surface area contributed by atoms with Crippen molar-refractivity contribution < 1.29 is 72.5 Å². The number of carbonyl (C=O) groups is 6. The van der Waals surface area contributed by atoms with Gasteiger partial charge in [0.05, 0.1) is 56.0 Å². The van der Waals surface area contributed by atoms with Gasteiger partial charge in [-0.1, -0.05) is 157 Å². The zero-order valence-electron chi connectivity index (χ0n) is 53.2. The minimum atomic E-state index is -1.11. The van der Waals surface area contributed by atoms with E-state index in [-0.39, 0.29) is 83.2 Å². The van der Waals surface area contributed by atoms with Crippen molar-refractivity contribution >= 4 is 102 Å². The van der Waals surface area contributed by atoms with Crippen LogP contribution < -0.4 is 25.4 Å². The standard InChI is InChI=1S/C33H41BrN4O7.C20H18BrN3O3.C12H23NO5.CH4.ClH/c1-32(2,3)27(37-31(42)44-19-33(4,5)14-15-39)29(40)38-18-22(17-25(38)30(41)43-6)45-28-26(20-10-9-11-21(34)16-20)35-23-12-7-8-13-24(23)36-28;1-26-20(25)17-10-14(11-22-17)27-19-18(12-5-4-6-13(21)9-12)23-15-7-2-3-8-16(15)24-19;1-11(2,3)8(9(15)16)13-10(17)18-7-12(4,5)6-14;;/h7-13,16,22,25,27,39H,14-15,17-19H2,1-6H3,(H,37,42);2-9,14,17,22H,10-11H2,1H3;8,14H,6-7H2,1-5H3,(H,13,17)(H,15,16);1H4;1H/t22-,25+,27-;14-,17+;8-;;/m111../s1. The van der Waals surface area contributed by atoms with Crippen LogP contribution in [-0.2, 0) is 38.1 Å². The van der Waals surface area contributed by atoms with Crippen molar-refractivity contribution in [3.8, 4) is 34.3 Å². The number of esters is 2. The first-order chi connectivity index (χ1) is 42.3. The maximum atomic E-state index is 14.1. The van der Waals surface area contributed by atoms with Crippen LogP contribution in [0.2, 0.25) is 0 Å². The number of amides is 3. The van der Waals surface area contributed by atoms with E-state index in [0.29, 0.717) is 47.7 Å². The van der Waals surface area contributed by atoms with Crippen LogP contribution in [0.4, 0.5) is 9.59 Å². The number of ether oxygens (including phenoxy) is 6. The number of rotatable bonds is 19. The first-order valence-electron chi connectivity index (χ1n) is 29.2. The number of hydrogen-bond acceptors (Lipinski definition) is 19. The molecule has 502 valence electrons. The number of nitrogens with zero attached hydrogens (tertiary/aromatic N) is 5. The highest BCUT2D eigenvalue weighted by molar-refractivity contribution is 9.10. The average molecular weight is 1430 g/mol. The number of fused-ring (bicyclic) bond motifs is 2. The molecule has 0 unspecified atom stereocenters. The van der Waals surface area contributed by atoms with Crippen LogP contribution in [0.25, 0.3) is 44.6 Å². The second-order valence-electron chi connectivity index (χ2n) is 25.6.